The third-order valence-electron chi connectivity index (χ3n) is 5.16. The first kappa shape index (κ1) is 20.5. The summed E-state index contributed by atoms with van der Waals surface area (Å²) in [7, 11) is 0. The van der Waals surface area contributed by atoms with Crippen molar-refractivity contribution in [2.75, 3.05) is 30.3 Å². The van der Waals surface area contributed by atoms with Gasteiger partial charge in [0, 0.05) is 43.4 Å². The average molecular weight is 470 g/mol. The van der Waals surface area contributed by atoms with Crippen molar-refractivity contribution in [1.29, 1.82) is 0 Å². The van der Waals surface area contributed by atoms with Gasteiger partial charge in [0.25, 0.3) is 0 Å². The molecule has 1 saturated heterocycles. The Hall–Kier alpha value is -2.75. The number of nitrogens with zero attached hydrogens (tertiary/aromatic N) is 5. The van der Waals surface area contributed by atoms with Crippen LogP contribution in [0.2, 0.25) is 0 Å². The van der Waals surface area contributed by atoms with Crippen LogP contribution in [0.3, 0.4) is 0 Å². The lowest BCUT2D eigenvalue weighted by Gasteiger charge is -2.23. The molecule has 3 aromatic heterocycles. The Morgan fingerprint density at radius 3 is 2.97 bits per heavy atom. The summed E-state index contributed by atoms with van der Waals surface area (Å²) in [6, 6.07) is 2.07. The van der Waals surface area contributed by atoms with E-state index in [0.29, 0.717) is 42.0 Å². The minimum atomic E-state index is -0.511. The number of fused-ring (bicyclic) bond motifs is 1. The topological polar surface area (TPSA) is 105 Å². The van der Waals surface area contributed by atoms with Gasteiger partial charge in [0.2, 0.25) is 0 Å². The van der Waals surface area contributed by atoms with E-state index in [9.17, 15) is 5.11 Å². The maximum absolute atomic E-state index is 9.89. The van der Waals surface area contributed by atoms with Crippen LogP contribution in [-0.4, -0.2) is 50.6 Å². The predicted octanol–water partition coefficient (Wildman–Crippen LogP) is 2.76. The first-order valence-electron chi connectivity index (χ1n) is 9.75. The van der Waals surface area contributed by atoms with Crippen LogP contribution < -0.4 is 16.0 Å². The van der Waals surface area contributed by atoms with Gasteiger partial charge >= 0.3 is 0 Å². The van der Waals surface area contributed by atoms with E-state index in [1.807, 2.05) is 25.3 Å². The van der Waals surface area contributed by atoms with Gasteiger partial charge in [-0.1, -0.05) is 18.7 Å². The Morgan fingerprint density at radius 2 is 2.20 bits per heavy atom. The van der Waals surface area contributed by atoms with Crippen molar-refractivity contribution < 1.29 is 5.11 Å². The van der Waals surface area contributed by atoms with Gasteiger partial charge in [-0.15, -0.1) is 0 Å². The number of nitrogens with two attached hydrogens (primary N) is 1. The zero-order valence-electron chi connectivity index (χ0n) is 16.7. The molecule has 9 heteroatoms. The number of nitrogen functional groups attached to an aromatic ring is 1. The van der Waals surface area contributed by atoms with Gasteiger partial charge in [0.05, 0.1) is 11.9 Å². The molecule has 1 aliphatic heterocycles. The molecule has 3 aromatic rings. The summed E-state index contributed by atoms with van der Waals surface area (Å²) in [6.45, 7) is 7.76. The molecule has 0 spiro atoms. The van der Waals surface area contributed by atoms with Crippen LogP contribution >= 0.6 is 15.9 Å². The van der Waals surface area contributed by atoms with Crippen molar-refractivity contribution in [3.8, 4) is 11.1 Å². The minimum absolute atomic E-state index is 0.481. The maximum atomic E-state index is 9.89. The van der Waals surface area contributed by atoms with E-state index in [1.165, 1.54) is 0 Å². The number of aromatic nitrogens is 4. The van der Waals surface area contributed by atoms with Gasteiger partial charge in [-0.3, -0.25) is 10.3 Å². The highest BCUT2D eigenvalue weighted by Gasteiger charge is 2.22. The monoisotopic (exact) mass is 469 g/mol. The largest absolute Gasteiger partial charge is 0.383 e. The molecule has 1 atom stereocenters. The maximum Gasteiger partial charge on any atom is 0.167 e. The molecule has 30 heavy (non-hydrogen) atoms. The molecule has 1 aliphatic rings. The van der Waals surface area contributed by atoms with E-state index in [0.717, 1.165) is 28.2 Å². The van der Waals surface area contributed by atoms with Crippen LogP contribution in [-0.2, 0) is 0 Å². The predicted molar refractivity (Wildman–Crippen MR) is 123 cm³/mol. The molecule has 0 saturated carbocycles. The molecular weight excluding hydrogens is 446 g/mol. The summed E-state index contributed by atoms with van der Waals surface area (Å²) in [5.74, 6) is 1.22. The van der Waals surface area contributed by atoms with Crippen LogP contribution in [0.1, 0.15) is 17.7 Å². The number of anilines is 2. The molecule has 1 fully saturated rings. The van der Waals surface area contributed by atoms with Crippen LogP contribution in [0, 0.1) is 6.92 Å². The van der Waals surface area contributed by atoms with E-state index < -0.39 is 6.23 Å². The fourth-order valence-electron chi connectivity index (χ4n) is 3.53. The van der Waals surface area contributed by atoms with Crippen molar-refractivity contribution in [3.05, 3.63) is 52.9 Å². The fourth-order valence-corrected chi connectivity index (χ4v) is 4.04. The molecule has 4 heterocycles. The average Bonchev–Trinajstić information content (AvgIpc) is 3.04. The van der Waals surface area contributed by atoms with Gasteiger partial charge in [-0.2, -0.15) is 9.61 Å². The highest BCUT2D eigenvalue weighted by atomic mass is 79.9. The quantitative estimate of drug-likeness (QED) is 0.504. The smallest absolute Gasteiger partial charge is 0.167 e. The summed E-state index contributed by atoms with van der Waals surface area (Å²) < 4.78 is 2.33. The first-order valence-corrected chi connectivity index (χ1v) is 10.5. The second kappa shape index (κ2) is 8.55. The van der Waals surface area contributed by atoms with Gasteiger partial charge < -0.3 is 15.7 Å². The van der Waals surface area contributed by atoms with Gasteiger partial charge in [-0.05, 0) is 40.6 Å². The highest BCUT2D eigenvalue weighted by Crippen LogP contribution is 2.34. The highest BCUT2D eigenvalue weighted by molar-refractivity contribution is 9.10. The van der Waals surface area contributed by atoms with Crippen molar-refractivity contribution in [3.63, 3.8) is 0 Å². The molecule has 0 bridgehead atoms. The molecule has 4 N–H and O–H groups in total. The Bertz CT molecular complexity index is 1120. The van der Waals surface area contributed by atoms with Gasteiger partial charge in [0.1, 0.15) is 22.3 Å². The molecule has 156 valence electrons. The third kappa shape index (κ3) is 3.83. The van der Waals surface area contributed by atoms with Crippen LogP contribution in [0.15, 0.2) is 41.7 Å². The van der Waals surface area contributed by atoms with Crippen molar-refractivity contribution >= 4 is 39.3 Å². The number of nitrogens with one attached hydrogen (secondary N) is 1. The Labute approximate surface area is 183 Å². The standard InChI is InChI=1S/C21H24BrN7O/c1-3-4-5-16-13(2)10-14(11-25-16)15-12-26-29-19(23)18(22)21(27-20(15)29)28-8-6-17(30)24-7-9-28/h3-5,10-12,17,24,30H,1,6-9,23H2,2H3/b5-4-. The number of pyridine rings is 1. The van der Waals surface area contributed by atoms with Gasteiger partial charge in [0.15, 0.2) is 5.65 Å². The summed E-state index contributed by atoms with van der Waals surface area (Å²) in [5, 5.41) is 17.4. The number of hydrogen-bond acceptors (Lipinski definition) is 7. The lowest BCUT2D eigenvalue weighted by molar-refractivity contribution is 0.138. The Kier molecular flexibility index (Phi) is 5.85. The molecular formula is C21H24BrN7O. The van der Waals surface area contributed by atoms with Crippen molar-refractivity contribution in [2.45, 2.75) is 19.6 Å². The first-order chi connectivity index (χ1) is 14.5. The zero-order valence-corrected chi connectivity index (χ0v) is 18.3. The summed E-state index contributed by atoms with van der Waals surface area (Å²) >= 11 is 3.59. The summed E-state index contributed by atoms with van der Waals surface area (Å²) in [4.78, 5) is 11.6. The van der Waals surface area contributed by atoms with E-state index in [1.54, 1.807) is 16.8 Å². The number of allylic oxidation sites excluding steroid dienone is 2. The minimum Gasteiger partial charge on any atom is -0.383 e. The molecule has 1 unspecified atom stereocenters. The summed E-state index contributed by atoms with van der Waals surface area (Å²) in [5.41, 5.74) is 10.8. The molecule has 8 nitrogen and oxygen atoms in total. The summed E-state index contributed by atoms with van der Waals surface area (Å²) in [6.07, 6.45) is 9.19. The van der Waals surface area contributed by atoms with Crippen molar-refractivity contribution in [2.24, 2.45) is 0 Å². The van der Waals surface area contributed by atoms with E-state index in [4.69, 9.17) is 10.7 Å². The third-order valence-corrected chi connectivity index (χ3v) is 5.92. The number of aliphatic hydroxyl groups excluding tert-OH is 1. The van der Waals surface area contributed by atoms with E-state index in [-0.39, 0.29) is 0 Å². The Balaban J connectivity index is 1.79. The van der Waals surface area contributed by atoms with Crippen LogP contribution in [0.5, 0.6) is 0 Å². The SMILES string of the molecule is C=C/C=C\c1ncc(-c2cnn3c(N)c(Br)c(N4CCNC(O)CC4)nc23)cc1C. The van der Waals surface area contributed by atoms with Crippen molar-refractivity contribution in [1.82, 2.24) is 24.9 Å². The number of aliphatic hydroxyl groups is 1. The normalized spacial score (nSPS) is 17.6. The fraction of sp³-hybridized carbons (Fsp3) is 0.286. The van der Waals surface area contributed by atoms with Crippen LogP contribution in [0.25, 0.3) is 22.9 Å². The second-order valence-electron chi connectivity index (χ2n) is 7.19. The zero-order chi connectivity index (χ0) is 21.3. The molecule has 0 aromatic carbocycles. The van der Waals surface area contributed by atoms with Crippen LogP contribution in [0.4, 0.5) is 11.6 Å². The number of rotatable bonds is 4. The number of aryl methyl sites for hydroxylation is 1. The molecule has 0 radical (unpaired) electrons. The molecule has 0 aliphatic carbocycles. The Morgan fingerprint density at radius 1 is 1.37 bits per heavy atom. The molecule has 4 rings (SSSR count). The molecule has 0 amide bonds. The van der Waals surface area contributed by atoms with E-state index in [2.05, 4.69) is 48.9 Å². The number of hydrogen-bond donors (Lipinski definition) is 3. The lowest BCUT2D eigenvalue weighted by atomic mass is 10.1. The number of halogens is 1. The second-order valence-corrected chi connectivity index (χ2v) is 7.99. The van der Waals surface area contributed by atoms with Gasteiger partial charge in [-0.25, -0.2) is 4.98 Å². The lowest BCUT2D eigenvalue weighted by Crippen LogP contribution is -2.30. The van der Waals surface area contributed by atoms with E-state index >= 15 is 0 Å².